The molecule has 18 heavy (non-hydrogen) atoms. The Hall–Kier alpha value is -1.74. The number of para-hydroxylation sites is 1. The fourth-order valence-corrected chi connectivity index (χ4v) is 2.01. The molecule has 1 N–H and O–H groups in total. The number of hydrogen-bond acceptors (Lipinski definition) is 3. The van der Waals surface area contributed by atoms with Gasteiger partial charge in [0.1, 0.15) is 5.76 Å². The molecule has 2 aromatic rings. The monoisotopic (exact) mass is 244 g/mol. The Kier molecular flexibility index (Phi) is 4.42. The summed E-state index contributed by atoms with van der Waals surface area (Å²) in [4.78, 5) is 2.21. The van der Waals surface area contributed by atoms with Gasteiger partial charge in [-0.3, -0.25) is 0 Å². The van der Waals surface area contributed by atoms with Gasteiger partial charge in [0.25, 0.3) is 0 Å². The van der Waals surface area contributed by atoms with Gasteiger partial charge in [0.2, 0.25) is 0 Å². The Morgan fingerprint density at radius 2 is 2.00 bits per heavy atom. The van der Waals surface area contributed by atoms with Crippen molar-refractivity contribution in [2.24, 2.45) is 0 Å². The van der Waals surface area contributed by atoms with E-state index in [1.54, 1.807) is 6.26 Å². The van der Waals surface area contributed by atoms with Crippen molar-refractivity contribution >= 4 is 5.69 Å². The SMILES string of the molecule is CCNCc1ccccc1N(C)Cc1ccco1. The van der Waals surface area contributed by atoms with E-state index in [0.717, 1.165) is 25.4 Å². The van der Waals surface area contributed by atoms with Crippen LogP contribution in [-0.2, 0) is 13.1 Å². The summed E-state index contributed by atoms with van der Waals surface area (Å²) in [6.45, 7) is 4.79. The molecule has 1 aromatic carbocycles. The van der Waals surface area contributed by atoms with Gasteiger partial charge in [-0.05, 0) is 30.3 Å². The largest absolute Gasteiger partial charge is 0.467 e. The standard InChI is InChI=1S/C15H20N2O/c1-3-16-11-13-7-4-5-9-15(13)17(2)12-14-8-6-10-18-14/h4-10,16H,3,11-12H2,1-2H3. The molecule has 0 aliphatic heterocycles. The predicted octanol–water partition coefficient (Wildman–Crippen LogP) is 3.03. The lowest BCUT2D eigenvalue weighted by atomic mass is 10.1. The summed E-state index contributed by atoms with van der Waals surface area (Å²) < 4.78 is 5.39. The Morgan fingerprint density at radius 3 is 2.72 bits per heavy atom. The van der Waals surface area contributed by atoms with Crippen LogP contribution in [0.4, 0.5) is 5.69 Å². The maximum Gasteiger partial charge on any atom is 0.123 e. The average molecular weight is 244 g/mol. The highest BCUT2D eigenvalue weighted by Crippen LogP contribution is 2.21. The molecule has 0 bridgehead atoms. The number of anilines is 1. The Labute approximate surface area is 108 Å². The van der Waals surface area contributed by atoms with Crippen molar-refractivity contribution in [1.82, 2.24) is 5.32 Å². The van der Waals surface area contributed by atoms with Crippen LogP contribution in [0.3, 0.4) is 0 Å². The van der Waals surface area contributed by atoms with E-state index in [1.165, 1.54) is 11.3 Å². The van der Waals surface area contributed by atoms with E-state index < -0.39 is 0 Å². The van der Waals surface area contributed by atoms with Crippen molar-refractivity contribution < 1.29 is 4.42 Å². The van der Waals surface area contributed by atoms with Crippen LogP contribution in [0, 0.1) is 0 Å². The van der Waals surface area contributed by atoms with Crippen molar-refractivity contribution in [2.45, 2.75) is 20.0 Å². The molecule has 96 valence electrons. The van der Waals surface area contributed by atoms with E-state index in [9.17, 15) is 0 Å². The third-order valence-corrected chi connectivity index (χ3v) is 2.94. The Morgan fingerprint density at radius 1 is 1.17 bits per heavy atom. The van der Waals surface area contributed by atoms with Crippen LogP contribution in [0.15, 0.2) is 47.1 Å². The Bertz CT molecular complexity index is 465. The minimum Gasteiger partial charge on any atom is -0.467 e. The molecule has 2 rings (SSSR count). The molecule has 1 heterocycles. The van der Waals surface area contributed by atoms with Gasteiger partial charge in [-0.15, -0.1) is 0 Å². The van der Waals surface area contributed by atoms with Crippen LogP contribution in [0.2, 0.25) is 0 Å². The average Bonchev–Trinajstić information content (AvgIpc) is 2.89. The third kappa shape index (κ3) is 3.14. The van der Waals surface area contributed by atoms with Crippen molar-refractivity contribution in [3.05, 3.63) is 54.0 Å². The van der Waals surface area contributed by atoms with E-state index in [4.69, 9.17) is 4.42 Å². The highest BCUT2D eigenvalue weighted by molar-refractivity contribution is 5.53. The lowest BCUT2D eigenvalue weighted by Gasteiger charge is -2.21. The van der Waals surface area contributed by atoms with Crippen LogP contribution in [0.5, 0.6) is 0 Å². The number of hydrogen-bond donors (Lipinski definition) is 1. The highest BCUT2D eigenvalue weighted by atomic mass is 16.3. The van der Waals surface area contributed by atoms with Crippen LogP contribution < -0.4 is 10.2 Å². The van der Waals surface area contributed by atoms with Gasteiger partial charge in [0.15, 0.2) is 0 Å². The van der Waals surface area contributed by atoms with E-state index in [0.29, 0.717) is 0 Å². The zero-order valence-corrected chi connectivity index (χ0v) is 11.0. The smallest absolute Gasteiger partial charge is 0.123 e. The summed E-state index contributed by atoms with van der Waals surface area (Å²) in [7, 11) is 2.09. The Balaban J connectivity index is 2.11. The molecule has 0 fully saturated rings. The fourth-order valence-electron chi connectivity index (χ4n) is 2.01. The summed E-state index contributed by atoms with van der Waals surface area (Å²) in [6, 6.07) is 12.4. The maximum absolute atomic E-state index is 5.39. The molecule has 1 aromatic heterocycles. The quantitative estimate of drug-likeness (QED) is 0.846. The zero-order chi connectivity index (χ0) is 12.8. The van der Waals surface area contributed by atoms with Crippen LogP contribution in [0.25, 0.3) is 0 Å². The lowest BCUT2D eigenvalue weighted by molar-refractivity contribution is 0.507. The van der Waals surface area contributed by atoms with Gasteiger partial charge in [-0.25, -0.2) is 0 Å². The molecule has 0 atom stereocenters. The summed E-state index contributed by atoms with van der Waals surface area (Å²) in [6.07, 6.45) is 1.72. The molecule has 0 saturated heterocycles. The molecule has 0 spiro atoms. The zero-order valence-electron chi connectivity index (χ0n) is 11.0. The molecule has 0 aliphatic rings. The summed E-state index contributed by atoms with van der Waals surface area (Å²) in [5, 5.41) is 3.37. The fraction of sp³-hybridized carbons (Fsp3) is 0.333. The third-order valence-electron chi connectivity index (χ3n) is 2.94. The first kappa shape index (κ1) is 12.7. The lowest BCUT2D eigenvalue weighted by Crippen LogP contribution is -2.20. The summed E-state index contributed by atoms with van der Waals surface area (Å²) in [5.41, 5.74) is 2.56. The topological polar surface area (TPSA) is 28.4 Å². The van der Waals surface area contributed by atoms with E-state index in [-0.39, 0.29) is 0 Å². The van der Waals surface area contributed by atoms with Gasteiger partial charge < -0.3 is 14.6 Å². The van der Waals surface area contributed by atoms with E-state index in [1.807, 2.05) is 12.1 Å². The minimum atomic E-state index is 0.788. The predicted molar refractivity (Wildman–Crippen MR) is 74.6 cm³/mol. The molecule has 0 unspecified atom stereocenters. The number of nitrogens with zero attached hydrogens (tertiary/aromatic N) is 1. The van der Waals surface area contributed by atoms with Gasteiger partial charge in [0, 0.05) is 19.3 Å². The van der Waals surface area contributed by atoms with Gasteiger partial charge in [-0.1, -0.05) is 25.1 Å². The van der Waals surface area contributed by atoms with Crippen molar-refractivity contribution in [1.29, 1.82) is 0 Å². The highest BCUT2D eigenvalue weighted by Gasteiger charge is 2.08. The van der Waals surface area contributed by atoms with Crippen molar-refractivity contribution in [2.75, 3.05) is 18.5 Å². The minimum absolute atomic E-state index is 0.788. The molecule has 0 radical (unpaired) electrons. The summed E-state index contributed by atoms with van der Waals surface area (Å²) >= 11 is 0. The maximum atomic E-state index is 5.39. The molecule has 3 heteroatoms. The van der Waals surface area contributed by atoms with Crippen LogP contribution in [0.1, 0.15) is 18.2 Å². The van der Waals surface area contributed by atoms with E-state index >= 15 is 0 Å². The first-order valence-corrected chi connectivity index (χ1v) is 6.33. The van der Waals surface area contributed by atoms with E-state index in [2.05, 4.69) is 48.5 Å². The molecule has 0 aliphatic carbocycles. The van der Waals surface area contributed by atoms with Gasteiger partial charge in [-0.2, -0.15) is 0 Å². The summed E-state index contributed by atoms with van der Waals surface area (Å²) in [5.74, 6) is 0.982. The van der Waals surface area contributed by atoms with Crippen LogP contribution in [-0.4, -0.2) is 13.6 Å². The number of furan rings is 1. The van der Waals surface area contributed by atoms with Crippen LogP contribution >= 0.6 is 0 Å². The van der Waals surface area contributed by atoms with Crippen molar-refractivity contribution in [3.63, 3.8) is 0 Å². The molecule has 0 saturated carbocycles. The normalized spacial score (nSPS) is 10.6. The molecular formula is C15H20N2O. The second kappa shape index (κ2) is 6.26. The molecule has 0 amide bonds. The number of rotatable bonds is 6. The second-order valence-corrected chi connectivity index (χ2v) is 4.34. The van der Waals surface area contributed by atoms with Gasteiger partial charge in [0.05, 0.1) is 12.8 Å². The van der Waals surface area contributed by atoms with Gasteiger partial charge >= 0.3 is 0 Å². The van der Waals surface area contributed by atoms with Crippen molar-refractivity contribution in [3.8, 4) is 0 Å². The molecule has 3 nitrogen and oxygen atoms in total. The number of benzene rings is 1. The molecular weight excluding hydrogens is 224 g/mol. The number of nitrogens with one attached hydrogen (secondary N) is 1. The first-order valence-electron chi connectivity index (χ1n) is 6.33. The second-order valence-electron chi connectivity index (χ2n) is 4.34. The first-order chi connectivity index (χ1) is 8.81.